The van der Waals surface area contributed by atoms with Gasteiger partial charge in [-0.25, -0.2) is 4.39 Å². The molecule has 0 saturated carbocycles. The highest BCUT2D eigenvalue weighted by Gasteiger charge is 2.28. The van der Waals surface area contributed by atoms with E-state index in [4.69, 9.17) is 11.6 Å². The molecule has 0 radical (unpaired) electrons. The maximum absolute atomic E-state index is 13.1. The molecule has 1 N–H and O–H groups in total. The smallest absolute Gasteiger partial charge is 0.246 e. The minimum absolute atomic E-state index is 0.0583. The molecule has 3 rings (SSSR count). The number of amides is 2. The van der Waals surface area contributed by atoms with Gasteiger partial charge in [-0.1, -0.05) is 36.7 Å². The molecule has 7 heteroatoms. The van der Waals surface area contributed by atoms with Gasteiger partial charge in [-0.15, -0.1) is 0 Å². The summed E-state index contributed by atoms with van der Waals surface area (Å²) in [6, 6.07) is 11.8. The average molecular weight is 444 g/mol. The van der Waals surface area contributed by atoms with E-state index in [9.17, 15) is 14.0 Å². The molecule has 2 aromatic carbocycles. The first-order valence-corrected chi connectivity index (χ1v) is 10.8. The van der Waals surface area contributed by atoms with Gasteiger partial charge in [0.15, 0.2) is 0 Å². The van der Waals surface area contributed by atoms with E-state index in [-0.39, 0.29) is 23.7 Å². The van der Waals surface area contributed by atoms with E-state index >= 15 is 0 Å². The fourth-order valence-electron chi connectivity index (χ4n) is 3.78. The lowest BCUT2D eigenvalue weighted by molar-refractivity contribution is -0.131. The lowest BCUT2D eigenvalue weighted by Gasteiger charge is -2.41. The highest BCUT2D eigenvalue weighted by atomic mass is 35.5. The van der Waals surface area contributed by atoms with E-state index in [0.717, 1.165) is 37.2 Å². The van der Waals surface area contributed by atoms with Crippen molar-refractivity contribution in [3.63, 3.8) is 0 Å². The summed E-state index contributed by atoms with van der Waals surface area (Å²) in [6.07, 6.45) is 4.10. The number of carbonyl (C=O) groups excluding carboxylic acids is 2. The Kier molecular flexibility index (Phi) is 7.82. The van der Waals surface area contributed by atoms with Crippen molar-refractivity contribution >= 4 is 35.2 Å². The highest BCUT2D eigenvalue weighted by molar-refractivity contribution is 6.31. The second kappa shape index (κ2) is 10.6. The van der Waals surface area contributed by atoms with Crippen molar-refractivity contribution < 1.29 is 14.0 Å². The lowest BCUT2D eigenvalue weighted by atomic mass is 10.1. The van der Waals surface area contributed by atoms with Gasteiger partial charge in [0.1, 0.15) is 5.82 Å². The molecule has 1 atom stereocenters. The number of halogens is 2. The van der Waals surface area contributed by atoms with E-state index in [1.165, 1.54) is 19.1 Å². The van der Waals surface area contributed by atoms with Crippen LogP contribution in [0.3, 0.4) is 0 Å². The number of carbonyl (C=O) groups is 2. The molecule has 1 aliphatic rings. The van der Waals surface area contributed by atoms with E-state index in [0.29, 0.717) is 17.3 Å². The average Bonchev–Trinajstić information content (AvgIpc) is 2.74. The van der Waals surface area contributed by atoms with Crippen molar-refractivity contribution in [1.29, 1.82) is 0 Å². The van der Waals surface area contributed by atoms with Crippen LogP contribution >= 0.6 is 11.6 Å². The zero-order chi connectivity index (χ0) is 22.4. The molecular formula is C24H27ClFN3O2. The predicted octanol–water partition coefficient (Wildman–Crippen LogP) is 4.57. The van der Waals surface area contributed by atoms with Crippen LogP contribution in [-0.2, 0) is 16.1 Å². The molecule has 0 aliphatic carbocycles. The Morgan fingerprint density at radius 3 is 2.61 bits per heavy atom. The summed E-state index contributed by atoms with van der Waals surface area (Å²) in [5, 5.41) is 3.25. The Bertz CT molecular complexity index is 962. The van der Waals surface area contributed by atoms with Gasteiger partial charge in [-0.05, 0) is 47.9 Å². The van der Waals surface area contributed by atoms with Crippen LogP contribution in [0.5, 0.6) is 0 Å². The Morgan fingerprint density at radius 1 is 1.19 bits per heavy atom. The first-order valence-electron chi connectivity index (χ1n) is 10.4. The van der Waals surface area contributed by atoms with Crippen molar-refractivity contribution in [2.24, 2.45) is 0 Å². The molecule has 1 aliphatic heterocycles. The first kappa shape index (κ1) is 23.0. The molecule has 1 heterocycles. The van der Waals surface area contributed by atoms with Crippen LogP contribution in [-0.4, -0.2) is 47.3 Å². The van der Waals surface area contributed by atoms with Crippen molar-refractivity contribution in [3.05, 3.63) is 70.5 Å². The molecule has 1 unspecified atom stereocenters. The quantitative estimate of drug-likeness (QED) is 0.665. The molecule has 1 saturated heterocycles. The first-order chi connectivity index (χ1) is 14.9. The van der Waals surface area contributed by atoms with Crippen molar-refractivity contribution in [3.8, 4) is 0 Å². The summed E-state index contributed by atoms with van der Waals surface area (Å²) in [4.78, 5) is 28.5. The van der Waals surface area contributed by atoms with Crippen LogP contribution in [0.2, 0.25) is 5.02 Å². The fourth-order valence-corrected chi connectivity index (χ4v) is 3.95. The number of rotatable bonds is 6. The largest absolute Gasteiger partial charge is 0.334 e. The van der Waals surface area contributed by atoms with Crippen LogP contribution in [0.4, 0.5) is 10.1 Å². The Hall–Kier alpha value is -2.70. The normalized spacial score (nSPS) is 17.2. The van der Waals surface area contributed by atoms with E-state index in [2.05, 4.69) is 17.1 Å². The SMILES string of the molecule is CCC1CN(Cc2ccc(F)cc2)CCN1C(=O)C=Cc1ccc(Cl)cc1NC(C)=O. The molecule has 0 aromatic heterocycles. The van der Waals surface area contributed by atoms with Gasteiger partial charge in [0.05, 0.1) is 0 Å². The molecule has 2 amide bonds. The highest BCUT2D eigenvalue weighted by Crippen LogP contribution is 2.23. The summed E-state index contributed by atoms with van der Waals surface area (Å²) in [6.45, 7) is 6.39. The molecule has 0 bridgehead atoms. The third-order valence-electron chi connectivity index (χ3n) is 5.37. The van der Waals surface area contributed by atoms with Crippen molar-refractivity contribution in [2.75, 3.05) is 25.0 Å². The number of hydrogen-bond acceptors (Lipinski definition) is 3. The van der Waals surface area contributed by atoms with E-state index < -0.39 is 0 Å². The zero-order valence-electron chi connectivity index (χ0n) is 17.8. The maximum atomic E-state index is 13.1. The molecule has 31 heavy (non-hydrogen) atoms. The summed E-state index contributed by atoms with van der Waals surface area (Å²) < 4.78 is 13.1. The summed E-state index contributed by atoms with van der Waals surface area (Å²) >= 11 is 6.03. The second-order valence-electron chi connectivity index (χ2n) is 7.70. The molecule has 2 aromatic rings. The van der Waals surface area contributed by atoms with Gasteiger partial charge in [-0.3, -0.25) is 14.5 Å². The Morgan fingerprint density at radius 2 is 1.94 bits per heavy atom. The maximum Gasteiger partial charge on any atom is 0.246 e. The lowest BCUT2D eigenvalue weighted by Crippen LogP contribution is -2.54. The van der Waals surface area contributed by atoms with Gasteiger partial charge < -0.3 is 10.2 Å². The van der Waals surface area contributed by atoms with Crippen LogP contribution in [0.15, 0.2) is 48.5 Å². The van der Waals surface area contributed by atoms with Crippen molar-refractivity contribution in [1.82, 2.24) is 9.80 Å². The molecule has 164 valence electrons. The van der Waals surface area contributed by atoms with Crippen LogP contribution in [0, 0.1) is 5.82 Å². The summed E-state index contributed by atoms with van der Waals surface area (Å²) in [7, 11) is 0. The van der Waals surface area contributed by atoms with Gasteiger partial charge >= 0.3 is 0 Å². The standard InChI is InChI=1S/C24H27ClFN3O2/c1-3-22-16-28(15-18-4-9-21(26)10-5-18)12-13-29(22)24(31)11-7-19-6-8-20(25)14-23(19)27-17(2)30/h4-11,14,22H,3,12-13,15-16H2,1-2H3,(H,27,30). The number of piperazine rings is 1. The van der Waals surface area contributed by atoms with E-state index in [1.807, 2.05) is 4.90 Å². The van der Waals surface area contributed by atoms with Gasteiger partial charge in [0.25, 0.3) is 0 Å². The monoisotopic (exact) mass is 443 g/mol. The molecule has 5 nitrogen and oxygen atoms in total. The molecule has 0 spiro atoms. The number of nitrogens with zero attached hydrogens (tertiary/aromatic N) is 2. The predicted molar refractivity (Wildman–Crippen MR) is 122 cm³/mol. The fraction of sp³-hybridized carbons (Fsp3) is 0.333. The summed E-state index contributed by atoms with van der Waals surface area (Å²) in [5.41, 5.74) is 2.35. The number of hydrogen-bond donors (Lipinski definition) is 1. The van der Waals surface area contributed by atoms with E-state index in [1.54, 1.807) is 42.5 Å². The van der Waals surface area contributed by atoms with Crippen LogP contribution in [0.25, 0.3) is 6.08 Å². The minimum atomic E-state index is -0.236. The molecule has 1 fully saturated rings. The Balaban J connectivity index is 1.65. The molecular weight excluding hydrogens is 417 g/mol. The van der Waals surface area contributed by atoms with Gasteiger partial charge in [-0.2, -0.15) is 0 Å². The van der Waals surface area contributed by atoms with Crippen molar-refractivity contribution in [2.45, 2.75) is 32.9 Å². The number of nitrogens with one attached hydrogen (secondary N) is 1. The topological polar surface area (TPSA) is 52.6 Å². The zero-order valence-corrected chi connectivity index (χ0v) is 18.5. The number of benzene rings is 2. The third kappa shape index (κ3) is 6.39. The number of anilines is 1. The van der Waals surface area contributed by atoms with Gasteiger partial charge in [0, 0.05) is 55.9 Å². The third-order valence-corrected chi connectivity index (χ3v) is 5.61. The minimum Gasteiger partial charge on any atom is -0.334 e. The summed E-state index contributed by atoms with van der Waals surface area (Å²) in [5.74, 6) is -0.497. The second-order valence-corrected chi connectivity index (χ2v) is 8.14. The van der Waals surface area contributed by atoms with Crippen LogP contribution < -0.4 is 5.32 Å². The Labute approximate surface area is 187 Å². The van der Waals surface area contributed by atoms with Gasteiger partial charge in [0.2, 0.25) is 11.8 Å². The van der Waals surface area contributed by atoms with Crippen LogP contribution in [0.1, 0.15) is 31.4 Å².